The summed E-state index contributed by atoms with van der Waals surface area (Å²) >= 11 is 5.94. The number of nitrogens with zero attached hydrogens (tertiary/aromatic N) is 2. The van der Waals surface area contributed by atoms with Crippen LogP contribution in [-0.2, 0) is 9.47 Å². The maximum Gasteiger partial charge on any atom is 0.129 e. The number of phenolic OH excluding ortho intramolecular Hbond substituents is 1. The number of hydrogen-bond acceptors (Lipinski definition) is 8. The highest BCUT2D eigenvalue weighted by Gasteiger charge is 2.22. The van der Waals surface area contributed by atoms with Gasteiger partial charge >= 0.3 is 0 Å². The summed E-state index contributed by atoms with van der Waals surface area (Å²) in [5.74, 6) is 2.59. The van der Waals surface area contributed by atoms with E-state index in [1.807, 2.05) is 12.1 Å². The molecule has 0 radical (unpaired) electrons. The van der Waals surface area contributed by atoms with Crippen LogP contribution in [0.25, 0.3) is 0 Å². The van der Waals surface area contributed by atoms with E-state index >= 15 is 0 Å². The van der Waals surface area contributed by atoms with Gasteiger partial charge in [-0.1, -0.05) is 0 Å². The van der Waals surface area contributed by atoms with Crippen molar-refractivity contribution in [3.05, 3.63) is 23.8 Å². The number of benzene rings is 1. The number of ether oxygens (including phenoxy) is 3. The van der Waals surface area contributed by atoms with Gasteiger partial charge in [0, 0.05) is 43.3 Å². The Morgan fingerprint density at radius 1 is 1.31 bits per heavy atom. The Hall–Kier alpha value is -0.930. The maximum absolute atomic E-state index is 10.3. The highest BCUT2D eigenvalue weighted by Crippen LogP contribution is 2.31. The molecule has 1 aliphatic rings. The van der Waals surface area contributed by atoms with E-state index in [0.29, 0.717) is 32.2 Å². The Labute approximate surface area is 165 Å². The van der Waals surface area contributed by atoms with E-state index in [9.17, 15) is 5.11 Å². The molecule has 26 heavy (non-hydrogen) atoms. The predicted molar refractivity (Wildman–Crippen MR) is 110 cm³/mol. The third-order valence-electron chi connectivity index (χ3n) is 3.84. The van der Waals surface area contributed by atoms with Crippen molar-refractivity contribution >= 4 is 29.4 Å². The smallest absolute Gasteiger partial charge is 0.129 e. The Morgan fingerprint density at radius 2 is 2.12 bits per heavy atom. The Bertz CT molecular complexity index is 586. The topological polar surface area (TPSA) is 63.5 Å². The van der Waals surface area contributed by atoms with Gasteiger partial charge in [0.2, 0.25) is 0 Å². The van der Waals surface area contributed by atoms with E-state index in [2.05, 4.69) is 24.6 Å². The van der Waals surface area contributed by atoms with E-state index in [4.69, 9.17) is 19.2 Å². The number of likely N-dealkylation sites (N-methyl/N-ethyl adjacent to an activating group) is 1. The quantitative estimate of drug-likeness (QED) is 0.414. The van der Waals surface area contributed by atoms with Crippen molar-refractivity contribution in [3.63, 3.8) is 0 Å². The van der Waals surface area contributed by atoms with Gasteiger partial charge in [0.05, 0.1) is 25.9 Å². The number of aromatic hydroxyl groups is 1. The highest BCUT2D eigenvalue weighted by molar-refractivity contribution is 8.14. The molecule has 0 amide bonds. The molecule has 8 heteroatoms. The van der Waals surface area contributed by atoms with Crippen molar-refractivity contribution in [3.8, 4) is 11.5 Å². The Kier molecular flexibility index (Phi) is 9.63. The third-order valence-corrected chi connectivity index (χ3v) is 5.19. The van der Waals surface area contributed by atoms with Crippen molar-refractivity contribution in [2.45, 2.75) is 6.04 Å². The lowest BCUT2D eigenvalue weighted by Crippen LogP contribution is -2.29. The molecule has 0 aliphatic carbocycles. The van der Waals surface area contributed by atoms with Gasteiger partial charge < -0.3 is 24.2 Å². The molecule has 0 spiro atoms. The first kappa shape index (κ1) is 21.4. The first-order valence-corrected chi connectivity index (χ1v) is 10.3. The van der Waals surface area contributed by atoms with Crippen LogP contribution in [0.1, 0.15) is 5.56 Å². The average molecular weight is 401 g/mol. The average Bonchev–Trinajstić information content (AvgIpc) is 3.06. The second-order valence-electron chi connectivity index (χ2n) is 6.02. The molecule has 0 bridgehead atoms. The SMILES string of the molecule is COCCOCCOc1ccc(C2=N[C@H](CN(C)CCS)CS2)c(O)c1. The molecule has 1 aromatic carbocycles. The fraction of sp³-hybridized carbons (Fsp3) is 0.611. The highest BCUT2D eigenvalue weighted by atomic mass is 32.2. The summed E-state index contributed by atoms with van der Waals surface area (Å²) in [5, 5.41) is 11.2. The molecule has 0 unspecified atom stereocenters. The molecule has 0 fully saturated rings. The van der Waals surface area contributed by atoms with Crippen LogP contribution in [0.4, 0.5) is 0 Å². The number of aliphatic imine (C=N–C) groups is 1. The summed E-state index contributed by atoms with van der Waals surface area (Å²) in [6, 6.07) is 5.60. The molecule has 0 aromatic heterocycles. The zero-order valence-electron chi connectivity index (χ0n) is 15.4. The number of phenols is 1. The van der Waals surface area contributed by atoms with E-state index in [1.165, 1.54) is 0 Å². The van der Waals surface area contributed by atoms with Crippen LogP contribution >= 0.6 is 24.4 Å². The number of thiol groups is 1. The molecule has 1 aliphatic heterocycles. The Morgan fingerprint density at radius 3 is 2.85 bits per heavy atom. The van der Waals surface area contributed by atoms with E-state index in [-0.39, 0.29) is 11.8 Å². The van der Waals surface area contributed by atoms with Crippen LogP contribution < -0.4 is 4.74 Å². The van der Waals surface area contributed by atoms with Crippen molar-refractivity contribution < 1.29 is 19.3 Å². The molecular formula is C18H28N2O4S2. The van der Waals surface area contributed by atoms with Gasteiger partial charge in [-0.3, -0.25) is 4.99 Å². The number of hydrogen-bond donors (Lipinski definition) is 2. The summed E-state index contributed by atoms with van der Waals surface area (Å²) < 4.78 is 15.9. The summed E-state index contributed by atoms with van der Waals surface area (Å²) in [5.41, 5.74) is 0.762. The first-order chi connectivity index (χ1) is 12.6. The zero-order valence-corrected chi connectivity index (χ0v) is 17.1. The summed E-state index contributed by atoms with van der Waals surface area (Å²) in [6.45, 7) is 3.88. The van der Waals surface area contributed by atoms with E-state index in [0.717, 1.165) is 35.2 Å². The van der Waals surface area contributed by atoms with Crippen LogP contribution in [0.3, 0.4) is 0 Å². The third kappa shape index (κ3) is 7.00. The monoisotopic (exact) mass is 400 g/mol. The molecule has 0 saturated heterocycles. The molecule has 146 valence electrons. The van der Waals surface area contributed by atoms with Gasteiger partial charge in [-0.05, 0) is 19.2 Å². The fourth-order valence-corrected chi connectivity index (χ4v) is 3.95. The lowest BCUT2D eigenvalue weighted by Gasteiger charge is -2.17. The first-order valence-electron chi connectivity index (χ1n) is 8.67. The van der Waals surface area contributed by atoms with Gasteiger partial charge in [0.15, 0.2) is 0 Å². The van der Waals surface area contributed by atoms with E-state index < -0.39 is 0 Å². The second-order valence-corrected chi connectivity index (χ2v) is 7.47. The van der Waals surface area contributed by atoms with Crippen molar-refractivity contribution in [1.82, 2.24) is 4.90 Å². The van der Waals surface area contributed by atoms with Crippen LogP contribution in [0, 0.1) is 0 Å². The molecule has 1 atom stereocenters. The normalized spacial score (nSPS) is 16.9. The van der Waals surface area contributed by atoms with E-state index in [1.54, 1.807) is 24.9 Å². The maximum atomic E-state index is 10.3. The predicted octanol–water partition coefficient (Wildman–Crippen LogP) is 2.16. The molecule has 1 N–H and O–H groups in total. The molecule has 2 rings (SSSR count). The van der Waals surface area contributed by atoms with Crippen LogP contribution in [0.15, 0.2) is 23.2 Å². The Balaban J connectivity index is 1.85. The minimum Gasteiger partial charge on any atom is -0.507 e. The molecule has 1 heterocycles. The zero-order chi connectivity index (χ0) is 18.8. The number of methoxy groups -OCH3 is 1. The molecule has 6 nitrogen and oxygen atoms in total. The largest absolute Gasteiger partial charge is 0.507 e. The van der Waals surface area contributed by atoms with Gasteiger partial charge in [0.1, 0.15) is 23.1 Å². The molecule has 1 aromatic rings. The number of thioether (sulfide) groups is 1. The van der Waals surface area contributed by atoms with Crippen LogP contribution in [-0.4, -0.2) is 86.3 Å². The van der Waals surface area contributed by atoms with Gasteiger partial charge in [-0.15, -0.1) is 11.8 Å². The van der Waals surface area contributed by atoms with Crippen LogP contribution in [0.5, 0.6) is 11.5 Å². The second kappa shape index (κ2) is 11.7. The summed E-state index contributed by atoms with van der Waals surface area (Å²) in [7, 11) is 3.72. The van der Waals surface area contributed by atoms with Gasteiger partial charge in [0.25, 0.3) is 0 Å². The molecular weight excluding hydrogens is 372 g/mol. The summed E-state index contributed by atoms with van der Waals surface area (Å²) in [6.07, 6.45) is 0. The van der Waals surface area contributed by atoms with Crippen LogP contribution in [0.2, 0.25) is 0 Å². The van der Waals surface area contributed by atoms with Gasteiger partial charge in [-0.25, -0.2) is 0 Å². The number of rotatable bonds is 12. The van der Waals surface area contributed by atoms with Gasteiger partial charge in [-0.2, -0.15) is 12.6 Å². The standard InChI is InChI=1S/C18H28N2O4S2/c1-20(5-10-25)12-14-13-26-18(19-14)16-4-3-15(11-17(16)21)24-9-8-23-7-6-22-2/h3-4,11,14,21,25H,5-10,12-13H2,1-2H3/t14-/m1/s1. The molecule has 0 saturated carbocycles. The fourth-order valence-electron chi connectivity index (χ4n) is 2.52. The minimum absolute atomic E-state index is 0.193. The minimum atomic E-state index is 0.193. The lowest BCUT2D eigenvalue weighted by molar-refractivity contribution is 0.0544. The lowest BCUT2D eigenvalue weighted by atomic mass is 10.2. The van der Waals surface area contributed by atoms with Crippen molar-refractivity contribution in [1.29, 1.82) is 0 Å². The van der Waals surface area contributed by atoms with Crippen molar-refractivity contribution in [2.75, 3.05) is 65.2 Å². The summed E-state index contributed by atoms with van der Waals surface area (Å²) in [4.78, 5) is 6.99. The van der Waals surface area contributed by atoms with Crippen molar-refractivity contribution in [2.24, 2.45) is 4.99 Å².